The predicted octanol–water partition coefficient (Wildman–Crippen LogP) is 2.46. The first-order valence-electron chi connectivity index (χ1n) is 6.26. The van der Waals surface area contributed by atoms with Crippen LogP contribution in [0.1, 0.15) is 52.4 Å². The van der Waals surface area contributed by atoms with E-state index < -0.39 is 0 Å². The lowest BCUT2D eigenvalue weighted by atomic mass is 9.77. The van der Waals surface area contributed by atoms with Crippen molar-refractivity contribution in [3.8, 4) is 0 Å². The average molecular weight is 196 g/mol. The van der Waals surface area contributed by atoms with E-state index in [0.717, 1.165) is 17.9 Å². The van der Waals surface area contributed by atoms with Crippen LogP contribution in [0, 0.1) is 11.8 Å². The quantitative estimate of drug-likeness (QED) is 0.673. The van der Waals surface area contributed by atoms with E-state index in [2.05, 4.69) is 24.7 Å². The third-order valence-corrected chi connectivity index (χ3v) is 4.06. The Morgan fingerprint density at radius 2 is 1.50 bits per heavy atom. The molecular weight excluding hydrogens is 172 g/mol. The fourth-order valence-corrected chi connectivity index (χ4v) is 2.86. The van der Waals surface area contributed by atoms with Gasteiger partial charge in [0, 0.05) is 12.1 Å². The molecule has 82 valence electrons. The molecule has 2 unspecified atom stereocenters. The zero-order valence-corrected chi connectivity index (χ0v) is 9.55. The van der Waals surface area contributed by atoms with Crippen molar-refractivity contribution in [2.24, 2.45) is 11.8 Å². The van der Waals surface area contributed by atoms with Crippen LogP contribution < -0.4 is 10.9 Å². The molecule has 0 bridgehead atoms. The van der Waals surface area contributed by atoms with E-state index >= 15 is 0 Å². The van der Waals surface area contributed by atoms with Crippen molar-refractivity contribution >= 4 is 0 Å². The Hall–Kier alpha value is -0.0800. The first-order chi connectivity index (χ1) is 6.75. The molecule has 0 spiro atoms. The van der Waals surface area contributed by atoms with E-state index in [0.29, 0.717) is 6.04 Å². The fraction of sp³-hybridized carbons (Fsp3) is 1.00. The van der Waals surface area contributed by atoms with Gasteiger partial charge >= 0.3 is 0 Å². The molecule has 2 N–H and O–H groups in total. The molecule has 2 nitrogen and oxygen atoms in total. The standard InChI is InChI=1S/C12H24N2/c1-9-3-6-11(7-4-9)12-8-5-10(2)13-14-12/h9-14H,3-8H2,1-2H3. The molecule has 14 heavy (non-hydrogen) atoms. The molecule has 1 aliphatic carbocycles. The van der Waals surface area contributed by atoms with Crippen molar-refractivity contribution < 1.29 is 0 Å². The molecule has 1 aliphatic heterocycles. The van der Waals surface area contributed by atoms with Gasteiger partial charge in [-0.15, -0.1) is 0 Å². The number of rotatable bonds is 1. The lowest BCUT2D eigenvalue weighted by Crippen LogP contribution is -2.53. The minimum Gasteiger partial charge on any atom is -0.255 e. The Kier molecular flexibility index (Phi) is 3.45. The van der Waals surface area contributed by atoms with E-state index in [4.69, 9.17) is 0 Å². The molecule has 0 aromatic rings. The van der Waals surface area contributed by atoms with Gasteiger partial charge in [0.2, 0.25) is 0 Å². The van der Waals surface area contributed by atoms with Crippen LogP contribution in [0.25, 0.3) is 0 Å². The maximum absolute atomic E-state index is 3.50. The summed E-state index contributed by atoms with van der Waals surface area (Å²) < 4.78 is 0. The summed E-state index contributed by atoms with van der Waals surface area (Å²) in [5.74, 6) is 1.91. The van der Waals surface area contributed by atoms with Crippen LogP contribution in [0.3, 0.4) is 0 Å². The Morgan fingerprint density at radius 1 is 0.786 bits per heavy atom. The summed E-state index contributed by atoms with van der Waals surface area (Å²) >= 11 is 0. The topological polar surface area (TPSA) is 24.1 Å². The van der Waals surface area contributed by atoms with Gasteiger partial charge in [0.1, 0.15) is 0 Å². The van der Waals surface area contributed by atoms with Crippen LogP contribution in [0.4, 0.5) is 0 Å². The summed E-state index contributed by atoms with van der Waals surface area (Å²) in [6.45, 7) is 4.65. The molecule has 2 fully saturated rings. The van der Waals surface area contributed by atoms with Gasteiger partial charge in [-0.1, -0.05) is 19.8 Å². The highest BCUT2D eigenvalue weighted by Crippen LogP contribution is 2.32. The SMILES string of the molecule is CC1CCC(C2CCC(C)NN2)CC1. The van der Waals surface area contributed by atoms with Gasteiger partial charge < -0.3 is 0 Å². The van der Waals surface area contributed by atoms with Crippen LogP contribution in [0.15, 0.2) is 0 Å². The smallest absolute Gasteiger partial charge is 0.0241 e. The summed E-state index contributed by atoms with van der Waals surface area (Å²) in [7, 11) is 0. The van der Waals surface area contributed by atoms with Gasteiger partial charge in [-0.25, -0.2) is 0 Å². The van der Waals surface area contributed by atoms with E-state index in [1.165, 1.54) is 38.5 Å². The third-order valence-electron chi connectivity index (χ3n) is 4.06. The first kappa shape index (κ1) is 10.4. The van der Waals surface area contributed by atoms with Crippen molar-refractivity contribution in [3.63, 3.8) is 0 Å². The van der Waals surface area contributed by atoms with Crippen LogP contribution in [-0.2, 0) is 0 Å². The van der Waals surface area contributed by atoms with Gasteiger partial charge in [-0.2, -0.15) is 0 Å². The molecule has 0 aromatic carbocycles. The molecule has 0 radical (unpaired) electrons. The van der Waals surface area contributed by atoms with E-state index in [-0.39, 0.29) is 0 Å². The van der Waals surface area contributed by atoms with E-state index in [9.17, 15) is 0 Å². The third kappa shape index (κ3) is 2.48. The molecule has 0 aromatic heterocycles. The molecule has 2 heteroatoms. The predicted molar refractivity (Wildman–Crippen MR) is 59.9 cm³/mol. The summed E-state index contributed by atoms with van der Waals surface area (Å²) in [6, 6.07) is 1.41. The summed E-state index contributed by atoms with van der Waals surface area (Å²) in [4.78, 5) is 0. The number of hydrogen-bond donors (Lipinski definition) is 2. The van der Waals surface area contributed by atoms with E-state index in [1.54, 1.807) is 0 Å². The zero-order valence-electron chi connectivity index (χ0n) is 9.55. The Bertz CT molecular complexity index is 145. The second kappa shape index (κ2) is 4.63. The van der Waals surface area contributed by atoms with Gasteiger partial charge in [-0.3, -0.25) is 10.9 Å². The van der Waals surface area contributed by atoms with Gasteiger partial charge in [0.25, 0.3) is 0 Å². The van der Waals surface area contributed by atoms with Crippen LogP contribution in [0.5, 0.6) is 0 Å². The molecule has 1 saturated heterocycles. The van der Waals surface area contributed by atoms with Crippen molar-refractivity contribution in [2.45, 2.75) is 64.5 Å². The summed E-state index contributed by atoms with van der Waals surface area (Å²) in [6.07, 6.45) is 8.47. The Morgan fingerprint density at radius 3 is 2.07 bits per heavy atom. The Labute approximate surface area is 87.8 Å². The van der Waals surface area contributed by atoms with Gasteiger partial charge in [-0.05, 0) is 44.4 Å². The summed E-state index contributed by atoms with van der Waals surface area (Å²) in [5.41, 5.74) is 6.89. The zero-order chi connectivity index (χ0) is 9.97. The largest absolute Gasteiger partial charge is 0.255 e. The summed E-state index contributed by atoms with van der Waals surface area (Å²) in [5, 5.41) is 0. The van der Waals surface area contributed by atoms with Crippen molar-refractivity contribution in [1.29, 1.82) is 0 Å². The highest BCUT2D eigenvalue weighted by atomic mass is 15.4. The normalized spacial score (nSPS) is 45.0. The number of hydrazine groups is 1. The van der Waals surface area contributed by atoms with Crippen LogP contribution >= 0.6 is 0 Å². The highest BCUT2D eigenvalue weighted by molar-refractivity contribution is 4.83. The van der Waals surface area contributed by atoms with Crippen molar-refractivity contribution in [1.82, 2.24) is 10.9 Å². The van der Waals surface area contributed by atoms with Gasteiger partial charge in [0.15, 0.2) is 0 Å². The lowest BCUT2D eigenvalue weighted by molar-refractivity contribution is 0.170. The van der Waals surface area contributed by atoms with Gasteiger partial charge in [0.05, 0.1) is 0 Å². The molecule has 1 saturated carbocycles. The van der Waals surface area contributed by atoms with Crippen LogP contribution in [0.2, 0.25) is 0 Å². The monoisotopic (exact) mass is 196 g/mol. The average Bonchev–Trinajstić information content (AvgIpc) is 2.21. The molecule has 1 heterocycles. The minimum absolute atomic E-state index is 0.661. The molecule has 2 atom stereocenters. The molecule has 0 amide bonds. The fourth-order valence-electron chi connectivity index (χ4n) is 2.86. The lowest BCUT2D eigenvalue weighted by Gasteiger charge is -2.37. The van der Waals surface area contributed by atoms with Crippen LogP contribution in [-0.4, -0.2) is 12.1 Å². The second-order valence-corrected chi connectivity index (χ2v) is 5.39. The number of hydrogen-bond acceptors (Lipinski definition) is 2. The maximum Gasteiger partial charge on any atom is 0.0241 e. The minimum atomic E-state index is 0.661. The molecule has 2 rings (SSSR count). The van der Waals surface area contributed by atoms with Crippen molar-refractivity contribution in [3.05, 3.63) is 0 Å². The second-order valence-electron chi connectivity index (χ2n) is 5.39. The number of nitrogens with one attached hydrogen (secondary N) is 2. The van der Waals surface area contributed by atoms with E-state index in [1.807, 2.05) is 0 Å². The Balaban J connectivity index is 1.78. The highest BCUT2D eigenvalue weighted by Gasteiger charge is 2.28. The molecular formula is C12H24N2. The maximum atomic E-state index is 3.50. The molecule has 2 aliphatic rings. The van der Waals surface area contributed by atoms with Crippen molar-refractivity contribution in [2.75, 3.05) is 0 Å². The first-order valence-corrected chi connectivity index (χ1v) is 6.26.